The highest BCUT2D eigenvalue weighted by Gasteiger charge is 2.18. The van der Waals surface area contributed by atoms with Gasteiger partial charge >= 0.3 is 0 Å². The van der Waals surface area contributed by atoms with E-state index < -0.39 is 12.5 Å². The number of hydrogen-bond acceptors (Lipinski definition) is 5. The lowest BCUT2D eigenvalue weighted by Crippen LogP contribution is -2.39. The molecule has 0 fully saturated rings. The van der Waals surface area contributed by atoms with Gasteiger partial charge in [-0.2, -0.15) is 5.26 Å². The molecule has 2 rings (SSSR count). The molecule has 0 aliphatic rings. The van der Waals surface area contributed by atoms with Crippen LogP contribution in [0.4, 0.5) is 14.5 Å². The number of rotatable bonds is 6. The molecular formula is C15H16F2N4OS. The number of thiazole rings is 1. The Morgan fingerprint density at radius 1 is 1.52 bits per heavy atom. The third kappa shape index (κ3) is 4.13. The fourth-order valence-corrected chi connectivity index (χ4v) is 2.96. The van der Waals surface area contributed by atoms with Crippen LogP contribution < -0.4 is 5.32 Å². The zero-order chi connectivity index (χ0) is 17.0. The Labute approximate surface area is 136 Å². The minimum atomic E-state index is -2.59. The molecule has 122 valence electrons. The van der Waals surface area contributed by atoms with Gasteiger partial charge in [0, 0.05) is 19.3 Å². The summed E-state index contributed by atoms with van der Waals surface area (Å²) in [6.45, 7) is 2.08. The Morgan fingerprint density at radius 2 is 2.26 bits per heavy atom. The molecular weight excluding hydrogens is 322 g/mol. The molecule has 0 unspecified atom stereocenters. The first-order valence-electron chi connectivity index (χ1n) is 6.99. The molecule has 1 aromatic heterocycles. The highest BCUT2D eigenvalue weighted by atomic mass is 32.1. The van der Waals surface area contributed by atoms with Gasteiger partial charge in [0.1, 0.15) is 6.04 Å². The fraction of sp³-hybridized carbons (Fsp3) is 0.400. The van der Waals surface area contributed by atoms with E-state index in [1.54, 1.807) is 32.2 Å². The second kappa shape index (κ2) is 7.33. The van der Waals surface area contributed by atoms with Crippen molar-refractivity contribution < 1.29 is 13.6 Å². The van der Waals surface area contributed by atoms with E-state index in [4.69, 9.17) is 5.26 Å². The van der Waals surface area contributed by atoms with Crippen molar-refractivity contribution in [3.63, 3.8) is 0 Å². The summed E-state index contributed by atoms with van der Waals surface area (Å²) in [6, 6.07) is 6.57. The van der Waals surface area contributed by atoms with Gasteiger partial charge in [0.05, 0.1) is 22.7 Å². The fourth-order valence-electron chi connectivity index (χ4n) is 2.10. The third-order valence-corrected chi connectivity index (χ3v) is 4.31. The molecule has 5 nitrogen and oxygen atoms in total. The van der Waals surface area contributed by atoms with Crippen LogP contribution in [0.1, 0.15) is 24.8 Å². The summed E-state index contributed by atoms with van der Waals surface area (Å²) >= 11 is 0.940. The molecule has 8 heteroatoms. The molecule has 0 radical (unpaired) electrons. The number of carbonyl (C=O) groups is 1. The van der Waals surface area contributed by atoms with E-state index in [1.807, 2.05) is 6.07 Å². The molecule has 0 spiro atoms. The minimum Gasteiger partial charge on any atom is -0.374 e. The minimum absolute atomic E-state index is 0.141. The lowest BCUT2D eigenvalue weighted by Gasteiger charge is -2.21. The summed E-state index contributed by atoms with van der Waals surface area (Å²) in [5.41, 5.74) is 1.18. The number of amides is 1. The molecule has 2 aromatic rings. The number of nitrogens with zero attached hydrogens (tertiary/aromatic N) is 3. The van der Waals surface area contributed by atoms with Crippen LogP contribution in [0.25, 0.3) is 10.2 Å². The van der Waals surface area contributed by atoms with Gasteiger partial charge in [0.2, 0.25) is 5.91 Å². The first kappa shape index (κ1) is 17.1. The standard InChI is InChI=1S/C15H16F2N4OS/c1-9(15(22)21(2)7-3-6-18)19-10-4-5-11-12(8-10)23-14(20-11)13(16)17/h4-5,8-9,13,19H,3,7H2,1-2H3/t9-/m0/s1. The number of likely N-dealkylation sites (N-methyl/N-ethyl adjacent to an activating group) is 1. The summed E-state index contributed by atoms with van der Waals surface area (Å²) in [6.07, 6.45) is -2.31. The number of alkyl halides is 2. The first-order chi connectivity index (χ1) is 10.9. The van der Waals surface area contributed by atoms with E-state index in [0.29, 0.717) is 22.4 Å². The van der Waals surface area contributed by atoms with Gasteiger partial charge in [-0.15, -0.1) is 11.3 Å². The van der Waals surface area contributed by atoms with Crippen LogP contribution in [0.2, 0.25) is 0 Å². The van der Waals surface area contributed by atoms with Gasteiger partial charge < -0.3 is 10.2 Å². The summed E-state index contributed by atoms with van der Waals surface area (Å²) < 4.78 is 26.0. The van der Waals surface area contributed by atoms with Gasteiger partial charge in [0.15, 0.2) is 5.01 Å². The maximum Gasteiger partial charge on any atom is 0.289 e. The van der Waals surface area contributed by atoms with Crippen molar-refractivity contribution in [1.29, 1.82) is 5.26 Å². The van der Waals surface area contributed by atoms with Gasteiger partial charge in [-0.1, -0.05) is 0 Å². The van der Waals surface area contributed by atoms with E-state index in [9.17, 15) is 13.6 Å². The Balaban J connectivity index is 2.08. The van der Waals surface area contributed by atoms with E-state index >= 15 is 0 Å². The number of aromatic nitrogens is 1. The van der Waals surface area contributed by atoms with Crippen LogP contribution in [-0.2, 0) is 4.79 Å². The molecule has 23 heavy (non-hydrogen) atoms. The van der Waals surface area contributed by atoms with Crippen molar-refractivity contribution in [2.45, 2.75) is 25.8 Å². The van der Waals surface area contributed by atoms with E-state index in [0.717, 1.165) is 11.3 Å². The molecule has 1 aromatic carbocycles. The summed E-state index contributed by atoms with van der Waals surface area (Å²) in [7, 11) is 1.64. The highest BCUT2D eigenvalue weighted by molar-refractivity contribution is 7.18. The SMILES string of the molecule is C[C@H](Nc1ccc2nc(C(F)F)sc2c1)C(=O)N(C)CCC#N. The van der Waals surface area contributed by atoms with Crippen LogP contribution >= 0.6 is 11.3 Å². The number of carbonyl (C=O) groups excluding carboxylic acids is 1. The molecule has 1 amide bonds. The number of hydrogen-bond donors (Lipinski definition) is 1. The van der Waals surface area contributed by atoms with E-state index in [2.05, 4.69) is 10.3 Å². The first-order valence-corrected chi connectivity index (χ1v) is 7.81. The number of anilines is 1. The van der Waals surface area contributed by atoms with Gasteiger partial charge in [0.25, 0.3) is 6.43 Å². The van der Waals surface area contributed by atoms with Gasteiger partial charge in [-0.25, -0.2) is 13.8 Å². The second-order valence-corrected chi connectivity index (χ2v) is 6.13. The van der Waals surface area contributed by atoms with Crippen molar-refractivity contribution in [3.05, 3.63) is 23.2 Å². The molecule has 0 saturated heterocycles. The monoisotopic (exact) mass is 338 g/mol. The van der Waals surface area contributed by atoms with Crippen LogP contribution in [0.15, 0.2) is 18.2 Å². The van der Waals surface area contributed by atoms with Crippen molar-refractivity contribution in [2.75, 3.05) is 18.9 Å². The zero-order valence-electron chi connectivity index (χ0n) is 12.7. The van der Waals surface area contributed by atoms with Gasteiger partial charge in [-0.05, 0) is 25.1 Å². The molecule has 1 atom stereocenters. The molecule has 0 saturated carbocycles. The quantitative estimate of drug-likeness (QED) is 0.876. The van der Waals surface area contributed by atoms with Crippen molar-refractivity contribution in [3.8, 4) is 6.07 Å². The molecule has 0 aliphatic carbocycles. The number of halogens is 2. The zero-order valence-corrected chi connectivity index (χ0v) is 13.5. The van der Waals surface area contributed by atoms with E-state index in [-0.39, 0.29) is 17.3 Å². The topological polar surface area (TPSA) is 69.0 Å². The predicted molar refractivity (Wildman–Crippen MR) is 85.5 cm³/mol. The molecule has 0 bridgehead atoms. The number of nitriles is 1. The number of fused-ring (bicyclic) bond motifs is 1. The summed E-state index contributed by atoms with van der Waals surface area (Å²) in [4.78, 5) is 17.5. The Bertz CT molecular complexity index is 741. The normalized spacial score (nSPS) is 12.2. The lowest BCUT2D eigenvalue weighted by molar-refractivity contribution is -0.130. The second-order valence-electron chi connectivity index (χ2n) is 5.07. The molecule has 1 heterocycles. The van der Waals surface area contributed by atoms with Crippen molar-refractivity contribution in [1.82, 2.24) is 9.88 Å². The van der Waals surface area contributed by atoms with Crippen LogP contribution in [0.5, 0.6) is 0 Å². The van der Waals surface area contributed by atoms with Crippen LogP contribution in [0.3, 0.4) is 0 Å². The average molecular weight is 338 g/mol. The average Bonchev–Trinajstić information content (AvgIpc) is 2.95. The Morgan fingerprint density at radius 3 is 2.91 bits per heavy atom. The maximum absolute atomic E-state index is 12.7. The molecule has 0 aliphatic heterocycles. The van der Waals surface area contributed by atoms with Crippen molar-refractivity contribution >= 4 is 33.1 Å². The Kier molecular flexibility index (Phi) is 5.45. The summed E-state index contributed by atoms with van der Waals surface area (Å²) in [5.74, 6) is -0.141. The van der Waals surface area contributed by atoms with Crippen LogP contribution in [0, 0.1) is 11.3 Å². The predicted octanol–water partition coefficient (Wildman–Crippen LogP) is 3.41. The Hall–Kier alpha value is -2.27. The number of nitrogens with one attached hydrogen (secondary N) is 1. The maximum atomic E-state index is 12.7. The van der Waals surface area contributed by atoms with E-state index in [1.165, 1.54) is 4.90 Å². The number of benzene rings is 1. The summed E-state index contributed by atoms with van der Waals surface area (Å²) in [5, 5.41) is 11.4. The smallest absolute Gasteiger partial charge is 0.289 e. The van der Waals surface area contributed by atoms with Gasteiger partial charge in [-0.3, -0.25) is 4.79 Å². The lowest BCUT2D eigenvalue weighted by atomic mass is 10.2. The third-order valence-electron chi connectivity index (χ3n) is 3.28. The largest absolute Gasteiger partial charge is 0.374 e. The highest BCUT2D eigenvalue weighted by Crippen LogP contribution is 2.30. The van der Waals surface area contributed by atoms with Crippen molar-refractivity contribution in [2.24, 2.45) is 0 Å². The molecule has 1 N–H and O–H groups in total. The van der Waals surface area contributed by atoms with Crippen LogP contribution in [-0.4, -0.2) is 35.4 Å².